The summed E-state index contributed by atoms with van der Waals surface area (Å²) in [6.45, 7) is 16.1. The number of ether oxygens (including phenoxy) is 2. The van der Waals surface area contributed by atoms with Gasteiger partial charge in [-0.3, -0.25) is 9.59 Å². The topological polar surface area (TPSA) is 222 Å². The number of alkyl halides is 6. The van der Waals surface area contributed by atoms with E-state index in [0.29, 0.717) is 35.5 Å². The number of nitrogens with one attached hydrogen (secondary N) is 3. The van der Waals surface area contributed by atoms with Crippen LogP contribution in [0.3, 0.4) is 0 Å². The molecule has 5 aromatic rings. The number of hydrogen-bond donors (Lipinski definition) is 3. The second-order valence-corrected chi connectivity index (χ2v) is 25.5. The molecule has 0 spiro atoms. The minimum atomic E-state index is -4.23. The summed E-state index contributed by atoms with van der Waals surface area (Å²) >= 11 is 0. The molecule has 1 aromatic carbocycles. The number of anilines is 1. The highest BCUT2D eigenvalue weighted by molar-refractivity contribution is 7.90. The molecule has 18 nitrogen and oxygen atoms in total. The SMILES string of the molecule is C.C[C@@H]1CN(c2nc(-n3ccc(OCCC4(C(F)(F)F)CC4)n3)ccc2C(=O)NS(C)(=O)=O)C(C)(C)C1.C[C@@H]1CNC(C)(C)C1.Cc1nc(-n2ccc(OCCC3(C(F)(F)F)CC3)n2)ccc1C(=O)NS(=O)(=O)c1ccccc1.[F-]. The van der Waals surface area contributed by atoms with E-state index >= 15 is 0 Å². The van der Waals surface area contributed by atoms with Crippen LogP contribution in [0.15, 0.2) is 84.0 Å². The Balaban J connectivity index is 0.000000252. The molecule has 2 aliphatic heterocycles. The van der Waals surface area contributed by atoms with Crippen molar-refractivity contribution in [2.24, 2.45) is 22.7 Å². The first-order valence-corrected chi connectivity index (χ1v) is 28.8. The molecule has 0 bridgehead atoms. The number of pyridine rings is 2. The Morgan fingerprint density at radius 3 is 1.59 bits per heavy atom. The normalized spacial score (nSPS) is 19.4. The first-order chi connectivity index (χ1) is 36.2. The highest BCUT2D eigenvalue weighted by atomic mass is 32.2. The molecule has 2 atom stereocenters. The molecule has 2 saturated carbocycles. The van der Waals surface area contributed by atoms with Gasteiger partial charge in [-0.15, -0.1) is 10.2 Å². The van der Waals surface area contributed by atoms with E-state index in [-0.39, 0.29) is 103 Å². The van der Waals surface area contributed by atoms with E-state index in [1.54, 1.807) is 31.3 Å². The second kappa shape index (κ2) is 24.4. The molecule has 2 aliphatic carbocycles. The van der Waals surface area contributed by atoms with Gasteiger partial charge in [0.25, 0.3) is 21.8 Å². The quantitative estimate of drug-likeness (QED) is 0.0895. The van der Waals surface area contributed by atoms with Crippen molar-refractivity contribution in [2.75, 3.05) is 37.5 Å². The van der Waals surface area contributed by atoms with Crippen LogP contribution in [-0.4, -0.2) is 114 Å². The number of halogens is 7. The highest BCUT2D eigenvalue weighted by Gasteiger charge is 2.63. The van der Waals surface area contributed by atoms with Gasteiger partial charge in [-0.2, -0.15) is 26.3 Å². The van der Waals surface area contributed by atoms with Crippen LogP contribution in [0.5, 0.6) is 11.8 Å². The Morgan fingerprint density at radius 1 is 0.700 bits per heavy atom. The monoisotopic (exact) mass is 1170 g/mol. The Morgan fingerprint density at radius 2 is 1.19 bits per heavy atom. The molecule has 0 unspecified atom stereocenters. The Kier molecular flexibility index (Phi) is 19.7. The summed E-state index contributed by atoms with van der Waals surface area (Å²) in [5.74, 6) is 0.885. The fourth-order valence-electron chi connectivity index (χ4n) is 9.73. The fraction of sp³-hybridized carbons (Fsp3) is 0.547. The third-order valence-corrected chi connectivity index (χ3v) is 16.2. The van der Waals surface area contributed by atoms with Gasteiger partial charge in [0.1, 0.15) is 5.82 Å². The molecule has 4 fully saturated rings. The lowest BCUT2D eigenvalue weighted by Gasteiger charge is -2.33. The largest absolute Gasteiger partial charge is 1.00 e. The van der Waals surface area contributed by atoms with Crippen molar-refractivity contribution in [3.63, 3.8) is 0 Å². The molecule has 442 valence electrons. The average molecular weight is 1170 g/mol. The number of amides is 2. The van der Waals surface area contributed by atoms with E-state index in [1.165, 1.54) is 77.1 Å². The lowest BCUT2D eigenvalue weighted by molar-refractivity contribution is -0.190. The van der Waals surface area contributed by atoms with Crippen LogP contribution in [0.1, 0.15) is 127 Å². The van der Waals surface area contributed by atoms with Crippen LogP contribution in [0.25, 0.3) is 11.6 Å². The van der Waals surface area contributed by atoms with Gasteiger partial charge in [0.15, 0.2) is 11.6 Å². The molecule has 2 amide bonds. The molecule has 4 aromatic heterocycles. The molecular formula is C53H70F7N10O8S2-. The Labute approximate surface area is 462 Å². The third-order valence-electron chi connectivity index (χ3n) is 14.3. The molecule has 4 aliphatic rings. The minimum Gasteiger partial charge on any atom is -1.00 e. The van der Waals surface area contributed by atoms with Gasteiger partial charge in [-0.05, 0) is 141 Å². The van der Waals surface area contributed by atoms with Crippen molar-refractivity contribution in [2.45, 2.75) is 136 Å². The van der Waals surface area contributed by atoms with Gasteiger partial charge in [0.2, 0.25) is 21.8 Å². The molecular weight excluding hydrogens is 1100 g/mol. The first-order valence-electron chi connectivity index (χ1n) is 25.4. The summed E-state index contributed by atoms with van der Waals surface area (Å²) in [6, 6.07) is 16.4. The predicted octanol–water partition coefficient (Wildman–Crippen LogP) is 6.53. The fourth-order valence-corrected chi connectivity index (χ4v) is 11.2. The van der Waals surface area contributed by atoms with E-state index in [9.17, 15) is 52.8 Å². The summed E-state index contributed by atoms with van der Waals surface area (Å²) in [5.41, 5.74) is -2.77. The van der Waals surface area contributed by atoms with E-state index < -0.39 is 55.0 Å². The maximum atomic E-state index is 13.1. The van der Waals surface area contributed by atoms with Crippen molar-refractivity contribution in [3.8, 4) is 23.4 Å². The van der Waals surface area contributed by atoms with Crippen molar-refractivity contribution < 1.29 is 66.9 Å². The average Bonchev–Trinajstić information content (AvgIpc) is 4.16. The van der Waals surface area contributed by atoms with Crippen molar-refractivity contribution in [1.82, 2.24) is 44.3 Å². The minimum absolute atomic E-state index is 0. The van der Waals surface area contributed by atoms with Crippen LogP contribution in [0.4, 0.5) is 32.2 Å². The number of hydrogen-bond acceptors (Lipinski definition) is 14. The lowest BCUT2D eigenvalue weighted by atomic mass is 9.97. The molecule has 80 heavy (non-hydrogen) atoms. The number of nitrogens with zero attached hydrogens (tertiary/aromatic N) is 7. The Bertz CT molecular complexity index is 3180. The van der Waals surface area contributed by atoms with Gasteiger partial charge < -0.3 is 24.4 Å². The summed E-state index contributed by atoms with van der Waals surface area (Å²) in [5, 5.41) is 11.9. The van der Waals surface area contributed by atoms with Crippen molar-refractivity contribution in [3.05, 3.63) is 95.9 Å². The lowest BCUT2D eigenvalue weighted by Crippen LogP contribution is -3.00. The smallest absolute Gasteiger partial charge is 0.394 e. The zero-order valence-electron chi connectivity index (χ0n) is 45.0. The van der Waals surface area contributed by atoms with Gasteiger partial charge in [-0.25, -0.2) is 45.6 Å². The van der Waals surface area contributed by atoms with Gasteiger partial charge in [-0.1, -0.05) is 39.5 Å². The molecule has 6 heterocycles. The van der Waals surface area contributed by atoms with Gasteiger partial charge in [0, 0.05) is 42.1 Å². The van der Waals surface area contributed by atoms with Crippen LogP contribution in [0, 0.1) is 29.6 Å². The van der Waals surface area contributed by atoms with Crippen LogP contribution < -0.4 is 33.8 Å². The summed E-state index contributed by atoms with van der Waals surface area (Å²) in [6.07, 6.45) is -2.09. The second-order valence-electron chi connectivity index (χ2n) is 22.1. The maximum absolute atomic E-state index is 13.1. The van der Waals surface area contributed by atoms with Crippen LogP contribution >= 0.6 is 0 Å². The number of carbonyl (C=O) groups excluding carboxylic acids is 2. The zero-order chi connectivity index (χ0) is 57.3. The number of rotatable bonds is 16. The van der Waals surface area contributed by atoms with E-state index in [0.717, 1.165) is 18.6 Å². The first kappa shape index (κ1) is 64.5. The Hall–Kier alpha value is -6.35. The standard InChI is InChI=1S/C23H30F3N5O4S.C22H21F3N4O4S.C7H15N.CH4.FH/c1-15-13-21(2,3)30(14-15)19-16(20(32)29-36(4,33)34)5-6-17(27-19)31-11-7-18(28-31)35-12-10-22(8-9-22)23(24,25)26;1-15-17(20(30)28-34(31,32)16-5-3-2-4-6-16)7-8-18(26-15)29-13-9-19(27-29)33-14-12-21(10-11-21)22(23,24)25;1-6-4-7(2,3)8-5-6;;/h5-7,11,15H,8-10,12-14H2,1-4H3,(H,29,32);2-9,13H,10-12,14H2,1H3,(H,28,30);6,8H,4-5H2,1-3H3;1H4;1H/p-1/t15-;;6-;;/m0.0../s1. The van der Waals surface area contributed by atoms with Gasteiger partial charge in [0.05, 0.1) is 52.0 Å². The molecule has 3 N–H and O–H groups in total. The molecule has 0 radical (unpaired) electrons. The number of sulfonamides is 2. The van der Waals surface area contributed by atoms with Gasteiger partial charge >= 0.3 is 12.4 Å². The van der Waals surface area contributed by atoms with E-state index in [1.807, 2.05) is 28.2 Å². The summed E-state index contributed by atoms with van der Waals surface area (Å²) in [4.78, 5) is 36.2. The zero-order valence-corrected chi connectivity index (χ0v) is 46.6. The molecule has 27 heteroatoms. The summed E-state index contributed by atoms with van der Waals surface area (Å²) in [7, 11) is -7.82. The third kappa shape index (κ3) is 16.0. The maximum Gasteiger partial charge on any atom is 0.394 e. The number of carbonyl (C=O) groups is 2. The van der Waals surface area contributed by atoms with Crippen molar-refractivity contribution in [1.29, 1.82) is 0 Å². The van der Waals surface area contributed by atoms with E-state index in [2.05, 4.69) is 53.2 Å². The molecule has 2 saturated heterocycles. The van der Waals surface area contributed by atoms with E-state index in [4.69, 9.17) is 9.47 Å². The number of benzene rings is 1. The predicted molar refractivity (Wildman–Crippen MR) is 284 cm³/mol. The molecule has 9 rings (SSSR count). The highest BCUT2D eigenvalue weighted by Crippen LogP contribution is 2.60. The summed E-state index contributed by atoms with van der Waals surface area (Å²) < 4.78 is 144. The number of aryl methyl sites for hydroxylation is 1. The number of aromatic nitrogens is 6. The van der Waals surface area contributed by atoms with Crippen LogP contribution in [0.2, 0.25) is 0 Å². The van der Waals surface area contributed by atoms with Crippen LogP contribution in [-0.2, 0) is 20.0 Å². The van der Waals surface area contributed by atoms with Crippen molar-refractivity contribution >= 4 is 37.7 Å².